The Hall–Kier alpha value is -0.670. The third kappa shape index (κ3) is 1.51. The van der Waals surface area contributed by atoms with Crippen molar-refractivity contribution in [1.82, 2.24) is 0 Å². The van der Waals surface area contributed by atoms with Crippen LogP contribution >= 0.6 is 23.1 Å². The van der Waals surface area contributed by atoms with Crippen LogP contribution in [-0.4, -0.2) is 11.4 Å². The van der Waals surface area contributed by atoms with Gasteiger partial charge in [0.1, 0.15) is 0 Å². The standard InChI is InChI=1S/C11H12OS2/c1-3-7-4-5-8-9(6-7)14-11(12)10(8)13-2/h4-6,12H,3H2,1-2H3. The second kappa shape index (κ2) is 3.83. The largest absolute Gasteiger partial charge is 0.499 e. The van der Waals surface area contributed by atoms with Gasteiger partial charge in [0, 0.05) is 10.1 Å². The van der Waals surface area contributed by atoms with Gasteiger partial charge in [0.25, 0.3) is 0 Å². The molecule has 0 atom stereocenters. The van der Waals surface area contributed by atoms with Gasteiger partial charge in [0.2, 0.25) is 0 Å². The molecule has 0 saturated carbocycles. The molecule has 0 amide bonds. The average Bonchev–Trinajstić information content (AvgIpc) is 2.51. The lowest BCUT2D eigenvalue weighted by molar-refractivity contribution is 0.480. The fourth-order valence-corrected chi connectivity index (χ4v) is 3.44. The van der Waals surface area contributed by atoms with Crippen molar-refractivity contribution in [3.05, 3.63) is 23.8 Å². The molecule has 1 nitrogen and oxygen atoms in total. The van der Waals surface area contributed by atoms with E-state index in [1.54, 1.807) is 11.8 Å². The number of thioether (sulfide) groups is 1. The Morgan fingerprint density at radius 1 is 1.43 bits per heavy atom. The minimum absolute atomic E-state index is 0.445. The van der Waals surface area contributed by atoms with Gasteiger partial charge in [-0.05, 0) is 24.3 Å². The molecule has 0 bridgehead atoms. The van der Waals surface area contributed by atoms with E-state index in [1.807, 2.05) is 6.26 Å². The Balaban J connectivity index is 2.68. The molecule has 3 heteroatoms. The SMILES string of the molecule is CCc1ccc2c(SC)c(O)sc2c1. The van der Waals surface area contributed by atoms with E-state index in [9.17, 15) is 5.11 Å². The summed E-state index contributed by atoms with van der Waals surface area (Å²) in [7, 11) is 0. The van der Waals surface area contributed by atoms with E-state index in [2.05, 4.69) is 25.1 Å². The van der Waals surface area contributed by atoms with E-state index >= 15 is 0 Å². The molecule has 0 aliphatic heterocycles. The summed E-state index contributed by atoms with van der Waals surface area (Å²) in [6.45, 7) is 2.14. The normalized spacial score (nSPS) is 11.0. The zero-order valence-electron chi connectivity index (χ0n) is 8.20. The van der Waals surface area contributed by atoms with Gasteiger partial charge in [-0.25, -0.2) is 0 Å². The fraction of sp³-hybridized carbons (Fsp3) is 0.273. The molecule has 0 spiro atoms. The van der Waals surface area contributed by atoms with Crippen molar-refractivity contribution in [2.75, 3.05) is 6.26 Å². The van der Waals surface area contributed by atoms with Crippen molar-refractivity contribution in [2.45, 2.75) is 18.2 Å². The first-order valence-electron chi connectivity index (χ1n) is 4.54. The summed E-state index contributed by atoms with van der Waals surface area (Å²) in [6.07, 6.45) is 3.04. The van der Waals surface area contributed by atoms with E-state index in [-0.39, 0.29) is 0 Å². The van der Waals surface area contributed by atoms with Crippen LogP contribution in [0.5, 0.6) is 5.06 Å². The molecule has 0 radical (unpaired) electrons. The number of thiophene rings is 1. The van der Waals surface area contributed by atoms with Crippen LogP contribution in [0.4, 0.5) is 0 Å². The lowest BCUT2D eigenvalue weighted by Crippen LogP contribution is -1.77. The van der Waals surface area contributed by atoms with Crippen LogP contribution in [-0.2, 0) is 6.42 Å². The highest BCUT2D eigenvalue weighted by Crippen LogP contribution is 2.42. The molecule has 0 saturated heterocycles. The van der Waals surface area contributed by atoms with Crippen LogP contribution in [0.3, 0.4) is 0 Å². The molecule has 1 heterocycles. The summed E-state index contributed by atoms with van der Waals surface area (Å²) in [5.41, 5.74) is 1.33. The Bertz CT molecular complexity index is 460. The molecule has 0 fully saturated rings. The Morgan fingerprint density at radius 3 is 2.86 bits per heavy atom. The molecule has 0 aliphatic rings. The van der Waals surface area contributed by atoms with Crippen molar-refractivity contribution in [3.63, 3.8) is 0 Å². The van der Waals surface area contributed by atoms with Gasteiger partial charge in [0.15, 0.2) is 5.06 Å². The Morgan fingerprint density at radius 2 is 2.21 bits per heavy atom. The summed E-state index contributed by atoms with van der Waals surface area (Å²) < 4.78 is 1.19. The molecule has 2 aromatic rings. The van der Waals surface area contributed by atoms with Crippen molar-refractivity contribution >= 4 is 33.2 Å². The van der Waals surface area contributed by atoms with E-state index in [0.717, 1.165) is 11.3 Å². The number of hydrogen-bond donors (Lipinski definition) is 1. The summed E-state index contributed by atoms with van der Waals surface area (Å²) in [5.74, 6) is 0. The van der Waals surface area contributed by atoms with Gasteiger partial charge in [-0.1, -0.05) is 30.4 Å². The zero-order chi connectivity index (χ0) is 10.1. The van der Waals surface area contributed by atoms with Crippen LogP contribution in [0, 0.1) is 0 Å². The first-order chi connectivity index (χ1) is 6.76. The summed E-state index contributed by atoms with van der Waals surface area (Å²) in [6, 6.07) is 6.41. The molecule has 0 unspecified atom stereocenters. The highest BCUT2D eigenvalue weighted by molar-refractivity contribution is 7.99. The number of aromatic hydroxyl groups is 1. The highest BCUT2D eigenvalue weighted by atomic mass is 32.2. The van der Waals surface area contributed by atoms with Crippen LogP contribution in [0.1, 0.15) is 12.5 Å². The Labute approximate surface area is 91.8 Å². The molecular formula is C11H12OS2. The first-order valence-corrected chi connectivity index (χ1v) is 6.58. The van der Waals surface area contributed by atoms with Crippen molar-refractivity contribution < 1.29 is 5.11 Å². The second-order valence-corrected chi connectivity index (χ2v) is 4.97. The van der Waals surface area contributed by atoms with Gasteiger partial charge in [0.05, 0.1) is 4.90 Å². The van der Waals surface area contributed by atoms with Crippen LogP contribution in [0.25, 0.3) is 10.1 Å². The number of benzene rings is 1. The molecule has 14 heavy (non-hydrogen) atoms. The van der Waals surface area contributed by atoms with Gasteiger partial charge < -0.3 is 5.11 Å². The van der Waals surface area contributed by atoms with Crippen molar-refractivity contribution in [1.29, 1.82) is 0 Å². The van der Waals surface area contributed by atoms with Gasteiger partial charge in [-0.3, -0.25) is 0 Å². The van der Waals surface area contributed by atoms with Crippen molar-refractivity contribution in [2.24, 2.45) is 0 Å². The lowest BCUT2D eigenvalue weighted by Gasteiger charge is -1.97. The molecule has 2 rings (SSSR count). The third-order valence-corrected chi connectivity index (χ3v) is 4.21. The Kier molecular flexibility index (Phi) is 2.70. The minimum Gasteiger partial charge on any atom is -0.499 e. The predicted molar refractivity (Wildman–Crippen MR) is 64.6 cm³/mol. The second-order valence-electron chi connectivity index (χ2n) is 3.12. The van der Waals surface area contributed by atoms with Crippen LogP contribution in [0.15, 0.2) is 23.1 Å². The molecule has 1 aromatic heterocycles. The lowest BCUT2D eigenvalue weighted by atomic mass is 10.1. The number of fused-ring (bicyclic) bond motifs is 1. The zero-order valence-corrected chi connectivity index (χ0v) is 9.84. The maximum Gasteiger partial charge on any atom is 0.186 e. The monoisotopic (exact) mass is 224 g/mol. The minimum atomic E-state index is 0.445. The smallest absolute Gasteiger partial charge is 0.186 e. The summed E-state index contributed by atoms with van der Waals surface area (Å²) >= 11 is 3.07. The van der Waals surface area contributed by atoms with Gasteiger partial charge >= 0.3 is 0 Å². The van der Waals surface area contributed by atoms with Gasteiger partial charge in [-0.2, -0.15) is 0 Å². The molecule has 1 N–H and O–H groups in total. The quantitative estimate of drug-likeness (QED) is 0.781. The third-order valence-electron chi connectivity index (χ3n) is 2.30. The topological polar surface area (TPSA) is 20.2 Å². The molecule has 74 valence electrons. The summed E-state index contributed by atoms with van der Waals surface area (Å²) in [4.78, 5) is 1.01. The molecule has 0 aliphatic carbocycles. The average molecular weight is 224 g/mol. The fourth-order valence-electron chi connectivity index (χ4n) is 1.52. The highest BCUT2D eigenvalue weighted by Gasteiger charge is 2.09. The van der Waals surface area contributed by atoms with E-state index in [4.69, 9.17) is 0 Å². The molecular weight excluding hydrogens is 212 g/mol. The van der Waals surface area contributed by atoms with E-state index < -0.39 is 0 Å². The predicted octanol–water partition coefficient (Wildman–Crippen LogP) is 3.89. The molecule has 1 aromatic carbocycles. The van der Waals surface area contributed by atoms with E-state index in [0.29, 0.717) is 5.06 Å². The van der Waals surface area contributed by atoms with Gasteiger partial charge in [-0.15, -0.1) is 11.8 Å². The van der Waals surface area contributed by atoms with Crippen LogP contribution < -0.4 is 0 Å². The van der Waals surface area contributed by atoms with Crippen LogP contribution in [0.2, 0.25) is 0 Å². The number of aryl methyl sites for hydroxylation is 1. The van der Waals surface area contributed by atoms with Crippen molar-refractivity contribution in [3.8, 4) is 5.06 Å². The maximum absolute atomic E-state index is 9.70. The summed E-state index contributed by atoms with van der Waals surface area (Å²) in [5, 5.41) is 11.3. The first kappa shape index (κ1) is 9.87. The number of hydrogen-bond acceptors (Lipinski definition) is 3. The maximum atomic E-state index is 9.70. The number of rotatable bonds is 2. The van der Waals surface area contributed by atoms with E-state index in [1.165, 1.54) is 27.0 Å².